The van der Waals surface area contributed by atoms with E-state index < -0.39 is 36.0 Å². The van der Waals surface area contributed by atoms with Crippen LogP contribution < -0.4 is 127 Å². The normalized spacial score (nSPS) is 9.93. The predicted molar refractivity (Wildman–Crippen MR) is 197 cm³/mol. The molecule has 1 atom stereocenters. The Morgan fingerprint density at radius 1 is 0.702 bits per heavy atom. The Morgan fingerprint density at radius 2 is 1.14 bits per heavy atom. The molecular weight excluding hydrogens is 919 g/mol. The van der Waals surface area contributed by atoms with Gasteiger partial charge < -0.3 is 49.5 Å². The van der Waals surface area contributed by atoms with Crippen LogP contribution >= 0.6 is 38.6 Å². The largest absolute Gasteiger partial charge is 1.00 e. The summed E-state index contributed by atoms with van der Waals surface area (Å²) in [6.45, 7) is -0.181. The van der Waals surface area contributed by atoms with Gasteiger partial charge in [0.2, 0.25) is 0 Å². The molecule has 1 unspecified atom stereocenters. The maximum absolute atomic E-state index is 12.7. The first kappa shape index (κ1) is 56.9. The maximum Gasteiger partial charge on any atom is 1.00 e. The summed E-state index contributed by atoms with van der Waals surface area (Å²) in [5, 5.41) is 8.71. The number of ketones is 2. The number of thiophene rings is 2. The van der Waals surface area contributed by atoms with E-state index in [9.17, 15) is 28.8 Å². The number of pyridine rings is 2. The Balaban J connectivity index is -0.000000821. The van der Waals surface area contributed by atoms with E-state index in [2.05, 4.69) is 49.7 Å². The summed E-state index contributed by atoms with van der Waals surface area (Å²) in [7, 11) is 10.9. The SMILES string of the molecule is COC(=O)CBr.COC(=O)CC(=O)c1cc2nc(OC)c(OC)cc2s1.COC(=O)CC(C(=O)OC)C(=O)c1cc2nc(OC)c(OC)cc2s1.O=CO[O-].[H-].[K+].[K+]. The first-order valence-corrected chi connectivity index (χ1v) is 17.7. The van der Waals surface area contributed by atoms with Crippen LogP contribution in [0.1, 0.15) is 33.6 Å². The van der Waals surface area contributed by atoms with E-state index in [-0.39, 0.29) is 145 Å². The summed E-state index contributed by atoms with van der Waals surface area (Å²) in [4.78, 5) is 89.5. The van der Waals surface area contributed by atoms with E-state index in [0.717, 1.165) is 23.1 Å². The van der Waals surface area contributed by atoms with Crippen molar-refractivity contribution in [3.8, 4) is 23.3 Å². The number of carbonyl (C=O) groups is 7. The van der Waals surface area contributed by atoms with Crippen molar-refractivity contribution in [2.45, 2.75) is 12.8 Å². The third-order valence-electron chi connectivity index (χ3n) is 6.52. The number of rotatable bonds is 14. The van der Waals surface area contributed by atoms with E-state index in [0.29, 0.717) is 38.0 Å². The Bertz CT molecular complexity index is 1880. The molecule has 0 radical (unpaired) electrons. The molecule has 0 N–H and O–H groups in total. The first-order valence-electron chi connectivity index (χ1n) is 14.9. The molecule has 4 aromatic heterocycles. The smallest absolute Gasteiger partial charge is 1.00 e. The van der Waals surface area contributed by atoms with Crippen LogP contribution in [0.5, 0.6) is 23.3 Å². The average molecular weight is 956 g/mol. The van der Waals surface area contributed by atoms with Crippen LogP contribution in [0.2, 0.25) is 0 Å². The fourth-order valence-electron chi connectivity index (χ4n) is 3.90. The van der Waals surface area contributed by atoms with Gasteiger partial charge in [0.25, 0.3) is 18.2 Å². The second-order valence-electron chi connectivity index (χ2n) is 9.69. The molecule has 0 spiro atoms. The van der Waals surface area contributed by atoms with Gasteiger partial charge in [-0.1, -0.05) is 15.9 Å². The van der Waals surface area contributed by atoms with E-state index in [1.165, 1.54) is 67.2 Å². The molecule has 302 valence electrons. The zero-order chi connectivity index (χ0) is 41.7. The van der Waals surface area contributed by atoms with Gasteiger partial charge in [-0.3, -0.25) is 33.6 Å². The summed E-state index contributed by atoms with van der Waals surface area (Å²) < 4.78 is 39.9. The third kappa shape index (κ3) is 18.3. The molecule has 24 heteroatoms. The Morgan fingerprint density at radius 3 is 1.49 bits per heavy atom. The maximum atomic E-state index is 12.7. The summed E-state index contributed by atoms with van der Waals surface area (Å²) in [5.74, 6) is -2.81. The van der Waals surface area contributed by atoms with Crippen molar-refractivity contribution in [3.63, 3.8) is 0 Å². The quantitative estimate of drug-likeness (QED) is 0.0141. The molecule has 0 aliphatic heterocycles. The minimum Gasteiger partial charge on any atom is -1.00 e. The number of hydrogen-bond acceptors (Lipinski definition) is 21. The number of nitrogens with zero attached hydrogens (tertiary/aromatic N) is 2. The number of hydrogen-bond donors (Lipinski definition) is 0. The van der Waals surface area contributed by atoms with Gasteiger partial charge in [-0.05, 0) is 12.1 Å². The molecule has 0 bridgehead atoms. The Hall–Kier alpha value is -2.18. The Labute approximate surface area is 429 Å². The second kappa shape index (κ2) is 30.8. The molecular formula is C33H37BrK2N2O17S2. The summed E-state index contributed by atoms with van der Waals surface area (Å²) in [5.41, 5.74) is 1.15. The van der Waals surface area contributed by atoms with Crippen molar-refractivity contribution in [1.82, 2.24) is 9.97 Å². The molecule has 0 saturated carbocycles. The van der Waals surface area contributed by atoms with Gasteiger partial charge in [0, 0.05) is 12.1 Å². The van der Waals surface area contributed by atoms with E-state index in [1.807, 2.05) is 0 Å². The van der Waals surface area contributed by atoms with Crippen LogP contribution in [-0.4, -0.2) is 114 Å². The van der Waals surface area contributed by atoms with Crippen molar-refractivity contribution in [1.29, 1.82) is 0 Å². The van der Waals surface area contributed by atoms with Crippen molar-refractivity contribution >= 4 is 101 Å². The van der Waals surface area contributed by atoms with Gasteiger partial charge in [-0.2, -0.15) is 0 Å². The van der Waals surface area contributed by atoms with Gasteiger partial charge in [0.15, 0.2) is 23.1 Å². The summed E-state index contributed by atoms with van der Waals surface area (Å²) in [6.07, 6.45) is -0.673. The van der Waals surface area contributed by atoms with E-state index in [1.54, 1.807) is 18.2 Å². The number of carbonyl (C=O) groups excluding carboxylic acids is 7. The summed E-state index contributed by atoms with van der Waals surface area (Å²) >= 11 is 5.29. The molecule has 4 heterocycles. The van der Waals surface area contributed by atoms with Crippen LogP contribution in [-0.2, 0) is 47.8 Å². The molecule has 19 nitrogen and oxygen atoms in total. The van der Waals surface area contributed by atoms with E-state index in [4.69, 9.17) is 29.0 Å². The zero-order valence-corrected chi connectivity index (χ0v) is 42.1. The van der Waals surface area contributed by atoms with Crippen LogP contribution in [0.4, 0.5) is 0 Å². The molecule has 0 aliphatic carbocycles. The van der Waals surface area contributed by atoms with Gasteiger partial charge in [0.05, 0.1) is 93.5 Å². The topological polar surface area (TPSA) is 251 Å². The minimum atomic E-state index is -1.27. The molecule has 4 aromatic rings. The number of methoxy groups -OCH3 is 8. The molecule has 0 saturated heterocycles. The molecule has 4 rings (SSSR count). The van der Waals surface area contributed by atoms with Crippen LogP contribution in [0.25, 0.3) is 20.4 Å². The van der Waals surface area contributed by atoms with Crippen LogP contribution in [0.3, 0.4) is 0 Å². The molecule has 57 heavy (non-hydrogen) atoms. The number of Topliss-reactive ketones (excluding diaryl/α,β-unsaturated/α-hetero) is 2. The van der Waals surface area contributed by atoms with Crippen molar-refractivity contribution < 1.29 is 186 Å². The third-order valence-corrected chi connectivity index (χ3v) is 9.18. The molecule has 0 aliphatic rings. The van der Waals surface area contributed by atoms with Crippen LogP contribution in [0.15, 0.2) is 24.3 Å². The van der Waals surface area contributed by atoms with E-state index >= 15 is 0 Å². The average Bonchev–Trinajstić information content (AvgIpc) is 3.84. The molecule has 0 amide bonds. The molecule has 0 aromatic carbocycles. The van der Waals surface area contributed by atoms with Gasteiger partial charge in [0.1, 0.15) is 17.7 Å². The Kier molecular flexibility index (Phi) is 30.8. The van der Waals surface area contributed by atoms with Crippen molar-refractivity contribution in [2.75, 3.05) is 62.2 Å². The van der Waals surface area contributed by atoms with Crippen molar-refractivity contribution in [2.24, 2.45) is 5.92 Å². The second-order valence-corrected chi connectivity index (χ2v) is 12.4. The number of halogens is 1. The van der Waals surface area contributed by atoms with Gasteiger partial charge in [-0.25, -0.2) is 9.97 Å². The number of fused-ring (bicyclic) bond motifs is 2. The number of aromatic nitrogens is 2. The number of esters is 4. The van der Waals surface area contributed by atoms with Crippen LogP contribution in [0, 0.1) is 5.92 Å². The number of ether oxygens (including phenoxy) is 8. The zero-order valence-electron chi connectivity index (χ0n) is 33.6. The fraction of sp³-hybridized carbons (Fsp3) is 0.364. The molecule has 0 fully saturated rings. The predicted octanol–water partition coefficient (Wildman–Crippen LogP) is -2.98. The van der Waals surface area contributed by atoms with Crippen molar-refractivity contribution in [3.05, 3.63) is 34.0 Å². The fourth-order valence-corrected chi connectivity index (χ4v) is 6.12. The first-order chi connectivity index (χ1) is 26.2. The van der Waals surface area contributed by atoms with Gasteiger partial charge in [-0.15, -0.1) is 22.7 Å². The number of alkyl halides is 1. The van der Waals surface area contributed by atoms with Gasteiger partial charge >= 0.3 is 127 Å². The standard InChI is InChI=1S/C16H17NO7S.C13H13NO5S.C3H5BrO2.CH2O3.2K.H/c1-21-10-7-11-9(17-15(10)23-3)6-12(25-11)14(19)8(16(20)24-4)5-13(18)22-2;1-17-9-6-10-7(14-13(9)19-3)4-11(20-10)8(15)5-12(16)18-2;1-6-3(5)2-4;2-1-4-3;;;/h6-8H,5H2,1-4H3;4,6H,5H2,1-3H3;2H2,1H3;1,3H;;;/q;;;;2*+1;-1/p-1. The minimum absolute atomic E-state index is 0. The monoisotopic (exact) mass is 954 g/mol. The summed E-state index contributed by atoms with van der Waals surface area (Å²) in [6, 6.07) is 6.61.